The Labute approximate surface area is 418 Å². The zero-order valence-electron chi connectivity index (χ0n) is 35.8. The summed E-state index contributed by atoms with van der Waals surface area (Å²) in [6, 6.07) is 79.8. The summed E-state index contributed by atoms with van der Waals surface area (Å²) in [5.74, 6) is 0. The monoisotopic (exact) mass is 1020 g/mol. The van der Waals surface area contributed by atoms with Crippen LogP contribution < -0.4 is 30.6 Å². The number of halogens is 2. The van der Waals surface area contributed by atoms with Crippen molar-refractivity contribution in [2.75, 3.05) is 0 Å². The molecule has 312 valence electrons. The molecule has 0 saturated heterocycles. The summed E-state index contributed by atoms with van der Waals surface area (Å²) in [4.78, 5) is 0. The summed E-state index contributed by atoms with van der Waals surface area (Å²) in [6.07, 6.45) is 2.10. The van der Waals surface area contributed by atoms with E-state index in [-0.39, 0.29) is 61.8 Å². The third-order valence-corrected chi connectivity index (χ3v) is 14.1. The minimum atomic E-state index is 0. The van der Waals surface area contributed by atoms with Gasteiger partial charge < -0.3 is 9.41 Å². The number of rotatable bonds is 4. The van der Waals surface area contributed by atoms with E-state index in [9.17, 15) is 0 Å². The quantitative estimate of drug-likeness (QED) is 0.130. The molecular weight excluding hydrogens is 979 g/mol. The smallest absolute Gasteiger partial charge is 1.00 e. The van der Waals surface area contributed by atoms with Crippen LogP contribution in [0.4, 0.5) is 0 Å². The van der Waals surface area contributed by atoms with Gasteiger partial charge in [-0.1, -0.05) is 149 Å². The fraction of sp³-hybridized carbons (Fsp3) is 0.0690. The second-order valence-corrected chi connectivity index (χ2v) is 18.2. The number of hydrogen-bond acceptors (Lipinski definition) is 0. The maximum absolute atomic E-state index is 3.30. The predicted molar refractivity (Wildman–Crippen MR) is 264 cm³/mol. The first kappa shape index (κ1) is 50.5. The van der Waals surface area contributed by atoms with Crippen molar-refractivity contribution >= 4 is 59.9 Å². The molecule has 0 aliphatic heterocycles. The minimum absolute atomic E-state index is 0. The molecule has 0 aromatic heterocycles. The first-order valence-corrected chi connectivity index (χ1v) is 22.7. The van der Waals surface area contributed by atoms with Crippen LogP contribution in [0.25, 0.3) is 43.8 Å². The first-order valence-electron chi connectivity index (χ1n) is 20.7. The second kappa shape index (κ2) is 24.1. The summed E-state index contributed by atoms with van der Waals surface area (Å²) in [7, 11) is 1.52. The van der Waals surface area contributed by atoms with Crippen molar-refractivity contribution < 1.29 is 61.8 Å². The Balaban J connectivity index is 0.000000158. The van der Waals surface area contributed by atoms with E-state index in [1.807, 2.05) is 12.1 Å². The zero-order chi connectivity index (χ0) is 40.7. The van der Waals surface area contributed by atoms with E-state index in [1.165, 1.54) is 98.4 Å². The zero-order valence-corrected chi connectivity index (χ0v) is 42.7. The van der Waals surface area contributed by atoms with E-state index in [4.69, 9.17) is 0 Å². The Morgan fingerprint density at radius 3 is 1.19 bits per heavy atom. The van der Waals surface area contributed by atoms with Crippen LogP contribution in [0.1, 0.15) is 33.4 Å². The average molecular weight is 1030 g/mol. The minimum Gasteiger partial charge on any atom is -1.00 e. The van der Waals surface area contributed by atoms with Gasteiger partial charge in [-0.05, 0) is 48.4 Å². The van der Waals surface area contributed by atoms with Gasteiger partial charge >= 0.3 is 52.4 Å². The molecule has 0 saturated carbocycles. The van der Waals surface area contributed by atoms with E-state index in [1.54, 1.807) is 0 Å². The maximum Gasteiger partial charge on any atom is 2.00 e. The molecule has 2 aliphatic carbocycles. The third-order valence-electron chi connectivity index (χ3n) is 11.3. The van der Waals surface area contributed by atoms with Gasteiger partial charge in [0.1, 0.15) is 0 Å². The molecule has 0 nitrogen and oxygen atoms in total. The van der Waals surface area contributed by atoms with Gasteiger partial charge in [-0.2, -0.15) is 71.8 Å². The molecule has 64 heavy (non-hydrogen) atoms. The Morgan fingerprint density at radius 2 is 0.766 bits per heavy atom. The van der Waals surface area contributed by atoms with Gasteiger partial charge in [0.25, 0.3) is 0 Å². The topological polar surface area (TPSA) is 0 Å². The van der Waals surface area contributed by atoms with Crippen molar-refractivity contribution in [3.63, 3.8) is 0 Å². The summed E-state index contributed by atoms with van der Waals surface area (Å²) in [5.41, 5.74) is 13.8. The van der Waals surface area contributed by atoms with E-state index in [2.05, 4.69) is 220 Å². The predicted octanol–water partition coefficient (Wildman–Crippen LogP) is 7.11. The molecule has 2 aliphatic rings. The fourth-order valence-electron chi connectivity index (χ4n) is 8.18. The number of aryl methyl sites for hydroxylation is 2. The second-order valence-electron chi connectivity index (χ2n) is 15.4. The van der Waals surface area contributed by atoms with E-state index < -0.39 is 0 Å². The summed E-state index contributed by atoms with van der Waals surface area (Å²) < 4.78 is 0. The summed E-state index contributed by atoms with van der Waals surface area (Å²) >= 11 is 0. The van der Waals surface area contributed by atoms with Crippen molar-refractivity contribution in [2.45, 2.75) is 26.7 Å². The molecule has 10 aromatic carbocycles. The Bertz CT molecular complexity index is 2700. The molecule has 0 heterocycles. The Hall–Kier alpha value is -4.53. The molecule has 10 aromatic rings. The van der Waals surface area contributed by atoms with Crippen LogP contribution in [0.3, 0.4) is 0 Å². The van der Waals surface area contributed by atoms with Crippen LogP contribution >= 0.6 is 17.2 Å². The molecule has 0 radical (unpaired) electrons. The molecule has 0 fully saturated rings. The number of benzene rings is 8. The molecule has 2 unspecified atom stereocenters. The van der Waals surface area contributed by atoms with E-state index in [0.717, 1.165) is 30.0 Å². The van der Waals surface area contributed by atoms with Gasteiger partial charge in [0, 0.05) is 0 Å². The van der Waals surface area contributed by atoms with Crippen molar-refractivity contribution in [1.29, 1.82) is 0 Å². The maximum atomic E-state index is 3.30. The third kappa shape index (κ3) is 12.0. The molecule has 2 atom stereocenters. The molecular formula is C58H46F2P2Zr2-2. The number of fused-ring (bicyclic) bond motifs is 8. The molecule has 0 amide bonds. The molecule has 0 spiro atoms. The summed E-state index contributed by atoms with van der Waals surface area (Å²) in [5, 5.41) is 11.2. The summed E-state index contributed by atoms with van der Waals surface area (Å²) in [6.45, 7) is 4.37. The molecule has 6 heteroatoms. The molecule has 12 rings (SSSR count). The van der Waals surface area contributed by atoms with Gasteiger partial charge in [0.15, 0.2) is 0 Å². The van der Waals surface area contributed by atoms with Crippen molar-refractivity contribution in [1.82, 2.24) is 0 Å². The van der Waals surface area contributed by atoms with Crippen LogP contribution in [0, 0.1) is 26.0 Å². The van der Waals surface area contributed by atoms with Crippen molar-refractivity contribution in [3.8, 4) is 22.3 Å². The van der Waals surface area contributed by atoms with Crippen molar-refractivity contribution in [2.24, 2.45) is 0 Å². The average Bonchev–Trinajstić information content (AvgIpc) is 4.08. The van der Waals surface area contributed by atoms with Gasteiger partial charge in [-0.15, -0.1) is 91.8 Å². The van der Waals surface area contributed by atoms with E-state index in [0.29, 0.717) is 0 Å². The van der Waals surface area contributed by atoms with Crippen LogP contribution in [-0.4, -0.2) is 0 Å². The van der Waals surface area contributed by atoms with Crippen LogP contribution in [0.2, 0.25) is 0 Å². The van der Waals surface area contributed by atoms with Gasteiger partial charge in [0.05, 0.1) is 0 Å². The normalized spacial score (nSPS) is 11.2. The SMILES string of the molecule is Cc1ccccc1Pc1cc2ccccc2[cH-]1.Cc1ccccc1Pc1cc2ccccc2[cH-]1.[F-].[F-].[Zr+2].[Zr+2].[c-]1cccc2c1Cc1ccccc1-2.[c-]1cccc2c1Cc1ccccc1-2. The van der Waals surface area contributed by atoms with Crippen molar-refractivity contribution in [3.05, 3.63) is 252 Å². The Morgan fingerprint density at radius 1 is 0.406 bits per heavy atom. The van der Waals surface area contributed by atoms with E-state index >= 15 is 0 Å². The van der Waals surface area contributed by atoms with Crippen LogP contribution in [0.15, 0.2) is 206 Å². The molecule has 0 N–H and O–H groups in total. The molecule has 0 bridgehead atoms. The van der Waals surface area contributed by atoms with Crippen LogP contribution in [0.5, 0.6) is 0 Å². The Kier molecular flexibility index (Phi) is 19.0. The van der Waals surface area contributed by atoms with Gasteiger partial charge in [0.2, 0.25) is 0 Å². The van der Waals surface area contributed by atoms with Gasteiger partial charge in [-0.25, -0.2) is 0 Å². The number of hydrogen-bond donors (Lipinski definition) is 0. The van der Waals surface area contributed by atoms with Crippen LogP contribution in [-0.2, 0) is 65.2 Å². The standard InChI is InChI=1S/2C16H14P.2C13H9.2FH.2Zr/c2*1-12-6-2-5-9-16(12)17-15-10-13-7-3-4-8-14(13)11-15;2*1-3-7-12-10(5-1)9-11-6-2-4-8-13(11)12;;;;/h2*2-11,17H,1H3;2*1-5,7-8H,9H2;2*1H;;/q4*-1;;;2*+2/p-2. The largest absolute Gasteiger partial charge is 2.00 e. The first-order chi connectivity index (χ1) is 29.6. The fourth-order valence-corrected chi connectivity index (χ4v) is 10.6. The van der Waals surface area contributed by atoms with Gasteiger partial charge in [-0.3, -0.25) is 0 Å².